The van der Waals surface area contributed by atoms with E-state index in [-0.39, 0.29) is 18.0 Å². The first-order chi connectivity index (χ1) is 16.5. The van der Waals surface area contributed by atoms with E-state index in [1.165, 1.54) is 0 Å². The van der Waals surface area contributed by atoms with Crippen LogP contribution in [0.4, 0.5) is 24.5 Å². The number of alkyl halides is 3. The number of fused-ring (bicyclic) bond motifs is 1. The number of amides is 1. The number of carbonyl (C=O) groups excluding carboxylic acids is 1. The molecule has 0 saturated heterocycles. The van der Waals surface area contributed by atoms with E-state index < -0.39 is 11.9 Å². The maximum atomic E-state index is 13.5. The summed E-state index contributed by atoms with van der Waals surface area (Å²) in [7, 11) is 5.77. The van der Waals surface area contributed by atoms with Crippen molar-refractivity contribution in [1.29, 1.82) is 0 Å². The number of benzene rings is 2. The summed E-state index contributed by atoms with van der Waals surface area (Å²) < 4.78 is 40.4. The van der Waals surface area contributed by atoms with Crippen LogP contribution in [0.15, 0.2) is 48.5 Å². The van der Waals surface area contributed by atoms with E-state index in [4.69, 9.17) is 0 Å². The second kappa shape index (κ2) is 9.76. The van der Waals surface area contributed by atoms with Gasteiger partial charge in [-0.3, -0.25) is 4.79 Å². The Balaban J connectivity index is 1.45. The molecular formula is C27H31F3N4O. The molecule has 1 amide bonds. The third-order valence-corrected chi connectivity index (χ3v) is 6.92. The minimum atomic E-state index is -4.51. The molecule has 1 fully saturated rings. The highest BCUT2D eigenvalue weighted by atomic mass is 19.4. The summed E-state index contributed by atoms with van der Waals surface area (Å²) in [6.07, 6.45) is -1.42. The van der Waals surface area contributed by atoms with Gasteiger partial charge in [-0.15, -0.1) is 0 Å². The van der Waals surface area contributed by atoms with Crippen molar-refractivity contribution in [2.45, 2.75) is 50.9 Å². The number of anilines is 2. The van der Waals surface area contributed by atoms with Crippen LogP contribution in [0.25, 0.3) is 10.9 Å². The molecule has 3 aromatic rings. The first-order valence-corrected chi connectivity index (χ1v) is 11.8. The lowest BCUT2D eigenvalue weighted by Gasteiger charge is -2.37. The molecule has 0 spiro atoms. The summed E-state index contributed by atoms with van der Waals surface area (Å²) in [6.45, 7) is 1.93. The topological polar surface area (TPSA) is 48.5 Å². The molecule has 0 unspecified atom stereocenters. The molecule has 0 radical (unpaired) electrons. The summed E-state index contributed by atoms with van der Waals surface area (Å²) in [5, 5.41) is 3.86. The first-order valence-electron chi connectivity index (χ1n) is 11.8. The van der Waals surface area contributed by atoms with Crippen LogP contribution in [0.2, 0.25) is 0 Å². The number of hydrogen-bond acceptors (Lipinski definition) is 4. The largest absolute Gasteiger partial charge is 0.433 e. The number of pyridine rings is 1. The molecule has 35 heavy (non-hydrogen) atoms. The van der Waals surface area contributed by atoms with E-state index >= 15 is 0 Å². The lowest BCUT2D eigenvalue weighted by molar-refractivity contribution is -0.140. The van der Waals surface area contributed by atoms with Crippen LogP contribution in [0, 0.1) is 6.92 Å². The number of halogens is 3. The predicted octanol–water partition coefficient (Wildman–Crippen LogP) is 5.81. The highest BCUT2D eigenvalue weighted by molar-refractivity contribution is 5.96. The molecule has 2 aromatic carbocycles. The Morgan fingerprint density at radius 2 is 1.69 bits per heavy atom. The number of hydrogen-bond donors (Lipinski definition) is 1. The standard InChI is InChI=1S/C27H31F3N4O/c1-17-15-20(33(2)3)13-14-21(17)26(35)31-18-9-11-19(12-10-18)34(4)24-16-25(27(28,29)30)32-23-8-6-5-7-22(23)24/h5-8,13-16,18-19H,9-12H2,1-4H3,(H,31,35)/t18-,19+. The second-order valence-corrected chi connectivity index (χ2v) is 9.52. The van der Waals surface area contributed by atoms with Gasteiger partial charge in [0.25, 0.3) is 5.91 Å². The van der Waals surface area contributed by atoms with Crippen LogP contribution < -0.4 is 15.1 Å². The molecule has 1 heterocycles. The van der Waals surface area contributed by atoms with Gasteiger partial charge in [-0.25, -0.2) is 4.98 Å². The molecule has 186 valence electrons. The van der Waals surface area contributed by atoms with Gasteiger partial charge in [0, 0.05) is 55.6 Å². The predicted molar refractivity (Wildman–Crippen MR) is 134 cm³/mol. The summed E-state index contributed by atoms with van der Waals surface area (Å²) in [6, 6.07) is 14.0. The lowest BCUT2D eigenvalue weighted by atomic mass is 9.89. The highest BCUT2D eigenvalue weighted by Gasteiger charge is 2.34. The molecule has 1 saturated carbocycles. The van der Waals surface area contributed by atoms with E-state index in [9.17, 15) is 18.0 Å². The minimum Gasteiger partial charge on any atom is -0.378 e. The molecule has 0 atom stereocenters. The zero-order chi connectivity index (χ0) is 25.3. The maximum absolute atomic E-state index is 13.5. The first kappa shape index (κ1) is 24.8. The van der Waals surface area contributed by atoms with E-state index in [1.807, 2.05) is 68.2 Å². The number of carbonyl (C=O) groups is 1. The van der Waals surface area contributed by atoms with Crippen molar-refractivity contribution in [2.24, 2.45) is 0 Å². The van der Waals surface area contributed by atoms with E-state index in [0.29, 0.717) is 22.2 Å². The molecular weight excluding hydrogens is 453 g/mol. The molecule has 1 N–H and O–H groups in total. The summed E-state index contributed by atoms with van der Waals surface area (Å²) in [5.41, 5.74) is 2.62. The van der Waals surface area contributed by atoms with Gasteiger partial charge in [-0.1, -0.05) is 18.2 Å². The monoisotopic (exact) mass is 484 g/mol. The minimum absolute atomic E-state index is 0.0417. The third kappa shape index (κ3) is 5.36. The normalized spacial score (nSPS) is 18.4. The Bertz CT molecular complexity index is 1220. The smallest absolute Gasteiger partial charge is 0.378 e. The van der Waals surface area contributed by atoms with Gasteiger partial charge >= 0.3 is 6.18 Å². The molecule has 4 rings (SSSR count). The van der Waals surface area contributed by atoms with Crippen molar-refractivity contribution in [1.82, 2.24) is 10.3 Å². The molecule has 8 heteroatoms. The number of aryl methyl sites for hydroxylation is 1. The fourth-order valence-corrected chi connectivity index (χ4v) is 4.84. The van der Waals surface area contributed by atoms with Crippen molar-refractivity contribution >= 4 is 28.2 Å². The van der Waals surface area contributed by atoms with Crippen LogP contribution in [-0.2, 0) is 6.18 Å². The Hall–Kier alpha value is -3.29. The molecule has 0 bridgehead atoms. The van der Waals surface area contributed by atoms with Crippen molar-refractivity contribution in [2.75, 3.05) is 30.9 Å². The van der Waals surface area contributed by atoms with E-state index in [0.717, 1.165) is 43.0 Å². The van der Waals surface area contributed by atoms with Crippen LogP contribution >= 0.6 is 0 Å². The van der Waals surface area contributed by atoms with Crippen molar-refractivity contribution < 1.29 is 18.0 Å². The highest BCUT2D eigenvalue weighted by Crippen LogP contribution is 2.36. The summed E-state index contributed by atoms with van der Waals surface area (Å²) in [4.78, 5) is 20.7. The lowest BCUT2D eigenvalue weighted by Crippen LogP contribution is -2.43. The number of rotatable bonds is 5. The van der Waals surface area contributed by atoms with Gasteiger partial charge in [0.2, 0.25) is 0 Å². The second-order valence-electron chi connectivity index (χ2n) is 9.52. The number of aromatic nitrogens is 1. The van der Waals surface area contributed by atoms with Gasteiger partial charge in [0.1, 0.15) is 5.69 Å². The Kier molecular flexibility index (Phi) is 6.92. The van der Waals surface area contributed by atoms with Crippen LogP contribution in [0.5, 0.6) is 0 Å². The molecule has 1 aromatic heterocycles. The van der Waals surface area contributed by atoms with Crippen molar-refractivity contribution in [3.8, 4) is 0 Å². The van der Waals surface area contributed by atoms with Crippen LogP contribution in [-0.4, -0.2) is 44.1 Å². The molecule has 1 aliphatic carbocycles. The van der Waals surface area contributed by atoms with Gasteiger partial charge in [-0.05, 0) is 68.5 Å². The fourth-order valence-electron chi connectivity index (χ4n) is 4.84. The van der Waals surface area contributed by atoms with Gasteiger partial charge in [0.05, 0.1) is 5.52 Å². The van der Waals surface area contributed by atoms with E-state index in [1.54, 1.807) is 12.1 Å². The number of nitrogens with one attached hydrogen (secondary N) is 1. The quantitative estimate of drug-likeness (QED) is 0.497. The Morgan fingerprint density at radius 3 is 2.31 bits per heavy atom. The van der Waals surface area contributed by atoms with Crippen LogP contribution in [0.1, 0.15) is 47.3 Å². The Labute approximate surface area is 203 Å². The third-order valence-electron chi connectivity index (χ3n) is 6.92. The zero-order valence-corrected chi connectivity index (χ0v) is 20.5. The van der Waals surface area contributed by atoms with Crippen molar-refractivity contribution in [3.63, 3.8) is 0 Å². The molecule has 1 aliphatic rings. The number of para-hydroxylation sites is 1. The fraction of sp³-hybridized carbons (Fsp3) is 0.407. The summed E-state index contributed by atoms with van der Waals surface area (Å²) in [5.74, 6) is -0.0837. The SMILES string of the molecule is Cc1cc(N(C)C)ccc1C(=O)N[C@H]1CC[C@@H](N(C)c2cc(C(F)(F)F)nc3ccccc23)CC1. The maximum Gasteiger partial charge on any atom is 0.433 e. The van der Waals surface area contributed by atoms with E-state index in [2.05, 4.69) is 10.3 Å². The molecule has 5 nitrogen and oxygen atoms in total. The average molecular weight is 485 g/mol. The zero-order valence-electron chi connectivity index (χ0n) is 20.5. The van der Waals surface area contributed by atoms with Gasteiger partial charge in [0.15, 0.2) is 0 Å². The van der Waals surface area contributed by atoms with Gasteiger partial charge in [-0.2, -0.15) is 13.2 Å². The number of nitrogens with zero attached hydrogens (tertiary/aromatic N) is 3. The van der Waals surface area contributed by atoms with Crippen molar-refractivity contribution in [3.05, 3.63) is 65.4 Å². The van der Waals surface area contributed by atoms with Gasteiger partial charge < -0.3 is 15.1 Å². The Morgan fingerprint density at radius 1 is 1.00 bits per heavy atom. The average Bonchev–Trinajstić information content (AvgIpc) is 2.82. The van der Waals surface area contributed by atoms with Crippen LogP contribution in [0.3, 0.4) is 0 Å². The summed E-state index contributed by atoms with van der Waals surface area (Å²) >= 11 is 0. The molecule has 0 aliphatic heterocycles.